The van der Waals surface area contributed by atoms with Crippen molar-refractivity contribution in [3.05, 3.63) is 23.9 Å². The molecule has 2 heterocycles. The van der Waals surface area contributed by atoms with Crippen LogP contribution in [0.25, 0.3) is 0 Å². The minimum atomic E-state index is 0.184. The molecule has 0 radical (unpaired) electrons. The molecule has 2 rings (SSSR count). The lowest BCUT2D eigenvalue weighted by atomic mass is 9.90. The average molecular weight is 302 g/mol. The van der Waals surface area contributed by atoms with Gasteiger partial charge in [-0.15, -0.1) is 0 Å². The topological polar surface area (TPSA) is 33.2 Å². The standard InChI is InChI=1S/C19H30N2O/c1-14(2)17-6-8-19(20-13-17)21-11-9-16(10-12-21)5-7-18(22)15(3)4/h6,8,13-16H,5,7,9-12H2,1-4H3. The molecule has 122 valence electrons. The van der Waals surface area contributed by atoms with Crippen LogP contribution in [0.2, 0.25) is 0 Å². The molecule has 0 spiro atoms. The van der Waals surface area contributed by atoms with Gasteiger partial charge in [0.2, 0.25) is 0 Å². The Morgan fingerprint density at radius 2 is 1.91 bits per heavy atom. The Morgan fingerprint density at radius 1 is 1.23 bits per heavy atom. The lowest BCUT2D eigenvalue weighted by molar-refractivity contribution is -0.122. The van der Waals surface area contributed by atoms with Crippen LogP contribution in [0.3, 0.4) is 0 Å². The Labute approximate surface area is 135 Å². The van der Waals surface area contributed by atoms with Crippen LogP contribution in [-0.2, 0) is 4.79 Å². The molecule has 0 aromatic carbocycles. The van der Waals surface area contributed by atoms with Gasteiger partial charge in [-0.05, 0) is 42.7 Å². The minimum absolute atomic E-state index is 0.184. The summed E-state index contributed by atoms with van der Waals surface area (Å²) in [5.41, 5.74) is 1.30. The summed E-state index contributed by atoms with van der Waals surface area (Å²) in [6, 6.07) is 4.35. The van der Waals surface area contributed by atoms with Gasteiger partial charge in [0, 0.05) is 31.6 Å². The van der Waals surface area contributed by atoms with E-state index < -0.39 is 0 Å². The molecule has 1 aliphatic heterocycles. The van der Waals surface area contributed by atoms with Gasteiger partial charge in [-0.3, -0.25) is 4.79 Å². The molecular weight excluding hydrogens is 272 g/mol. The number of carbonyl (C=O) groups is 1. The number of nitrogens with zero attached hydrogens (tertiary/aromatic N) is 2. The van der Waals surface area contributed by atoms with E-state index in [2.05, 4.69) is 35.9 Å². The monoisotopic (exact) mass is 302 g/mol. The quantitative estimate of drug-likeness (QED) is 0.779. The van der Waals surface area contributed by atoms with Crippen molar-refractivity contribution in [2.45, 2.75) is 59.3 Å². The van der Waals surface area contributed by atoms with E-state index in [-0.39, 0.29) is 5.92 Å². The van der Waals surface area contributed by atoms with Gasteiger partial charge in [0.15, 0.2) is 0 Å². The zero-order valence-electron chi connectivity index (χ0n) is 14.5. The first-order valence-corrected chi connectivity index (χ1v) is 8.71. The van der Waals surface area contributed by atoms with Crippen molar-refractivity contribution in [3.8, 4) is 0 Å². The Hall–Kier alpha value is -1.38. The fraction of sp³-hybridized carbons (Fsp3) is 0.684. The van der Waals surface area contributed by atoms with Crippen LogP contribution in [0, 0.1) is 11.8 Å². The van der Waals surface area contributed by atoms with E-state index in [4.69, 9.17) is 0 Å². The SMILES string of the molecule is CC(C)C(=O)CCC1CCN(c2ccc(C(C)C)cn2)CC1. The third kappa shape index (κ3) is 4.56. The highest BCUT2D eigenvalue weighted by molar-refractivity contribution is 5.80. The lowest BCUT2D eigenvalue weighted by Crippen LogP contribution is -2.34. The Balaban J connectivity index is 1.80. The van der Waals surface area contributed by atoms with Crippen molar-refractivity contribution >= 4 is 11.6 Å². The molecule has 1 aliphatic rings. The van der Waals surface area contributed by atoms with E-state index in [0.717, 1.165) is 31.7 Å². The molecule has 0 aliphatic carbocycles. The highest BCUT2D eigenvalue weighted by Crippen LogP contribution is 2.26. The van der Waals surface area contributed by atoms with Gasteiger partial charge < -0.3 is 4.90 Å². The lowest BCUT2D eigenvalue weighted by Gasteiger charge is -2.33. The third-order valence-electron chi connectivity index (χ3n) is 4.82. The highest BCUT2D eigenvalue weighted by atomic mass is 16.1. The molecule has 22 heavy (non-hydrogen) atoms. The second-order valence-electron chi connectivity index (χ2n) is 7.19. The van der Waals surface area contributed by atoms with E-state index in [1.807, 2.05) is 20.0 Å². The Bertz CT molecular complexity index is 471. The fourth-order valence-electron chi connectivity index (χ4n) is 3.01. The number of anilines is 1. The number of carbonyl (C=O) groups excluding carboxylic acids is 1. The summed E-state index contributed by atoms with van der Waals surface area (Å²) < 4.78 is 0. The van der Waals surface area contributed by atoms with Gasteiger partial charge in [0.25, 0.3) is 0 Å². The largest absolute Gasteiger partial charge is 0.357 e. The minimum Gasteiger partial charge on any atom is -0.357 e. The molecule has 1 aromatic heterocycles. The van der Waals surface area contributed by atoms with E-state index in [0.29, 0.717) is 17.6 Å². The van der Waals surface area contributed by atoms with E-state index in [9.17, 15) is 4.79 Å². The van der Waals surface area contributed by atoms with Crippen LogP contribution in [-0.4, -0.2) is 23.9 Å². The second-order valence-corrected chi connectivity index (χ2v) is 7.19. The first kappa shape index (κ1) is 17.0. The van der Waals surface area contributed by atoms with Crippen LogP contribution in [0.4, 0.5) is 5.82 Å². The maximum absolute atomic E-state index is 11.7. The van der Waals surface area contributed by atoms with E-state index >= 15 is 0 Å². The highest BCUT2D eigenvalue weighted by Gasteiger charge is 2.21. The third-order valence-corrected chi connectivity index (χ3v) is 4.82. The van der Waals surface area contributed by atoms with Crippen LogP contribution in [0.15, 0.2) is 18.3 Å². The van der Waals surface area contributed by atoms with Crippen molar-refractivity contribution in [1.82, 2.24) is 4.98 Å². The first-order valence-electron chi connectivity index (χ1n) is 8.71. The number of hydrogen-bond acceptors (Lipinski definition) is 3. The molecule has 0 N–H and O–H groups in total. The number of ketones is 1. The van der Waals surface area contributed by atoms with Gasteiger partial charge in [-0.1, -0.05) is 33.8 Å². The van der Waals surface area contributed by atoms with Crippen molar-refractivity contribution in [2.24, 2.45) is 11.8 Å². The summed E-state index contributed by atoms with van der Waals surface area (Å²) in [7, 11) is 0. The molecule has 0 unspecified atom stereocenters. The van der Waals surface area contributed by atoms with Crippen LogP contribution in [0.5, 0.6) is 0 Å². The molecule has 0 bridgehead atoms. The summed E-state index contributed by atoms with van der Waals surface area (Å²) in [5, 5.41) is 0. The Morgan fingerprint density at radius 3 is 2.41 bits per heavy atom. The normalized spacial score (nSPS) is 16.5. The van der Waals surface area contributed by atoms with Gasteiger partial charge >= 0.3 is 0 Å². The van der Waals surface area contributed by atoms with Crippen molar-refractivity contribution in [3.63, 3.8) is 0 Å². The van der Waals surface area contributed by atoms with E-state index in [1.165, 1.54) is 18.4 Å². The molecule has 1 aromatic rings. The molecule has 3 nitrogen and oxygen atoms in total. The van der Waals surface area contributed by atoms with Crippen LogP contribution < -0.4 is 4.90 Å². The van der Waals surface area contributed by atoms with Crippen LogP contribution in [0.1, 0.15) is 64.9 Å². The van der Waals surface area contributed by atoms with E-state index in [1.54, 1.807) is 0 Å². The van der Waals surface area contributed by atoms with Crippen molar-refractivity contribution in [2.75, 3.05) is 18.0 Å². The van der Waals surface area contributed by atoms with Gasteiger partial charge in [-0.2, -0.15) is 0 Å². The maximum atomic E-state index is 11.7. The second kappa shape index (κ2) is 7.75. The predicted molar refractivity (Wildman–Crippen MR) is 92.3 cm³/mol. The van der Waals surface area contributed by atoms with Crippen molar-refractivity contribution < 1.29 is 4.79 Å². The van der Waals surface area contributed by atoms with Crippen molar-refractivity contribution in [1.29, 1.82) is 0 Å². The van der Waals surface area contributed by atoms with Gasteiger partial charge in [0.05, 0.1) is 0 Å². The predicted octanol–water partition coefficient (Wildman–Crippen LogP) is 4.43. The number of hydrogen-bond donors (Lipinski definition) is 0. The van der Waals surface area contributed by atoms with Gasteiger partial charge in [0.1, 0.15) is 11.6 Å². The van der Waals surface area contributed by atoms with Crippen LogP contribution >= 0.6 is 0 Å². The number of piperidine rings is 1. The molecular formula is C19H30N2O. The molecule has 0 amide bonds. The Kier molecular flexibility index (Phi) is 5.98. The average Bonchev–Trinajstić information content (AvgIpc) is 2.53. The fourth-order valence-corrected chi connectivity index (χ4v) is 3.01. The molecule has 1 saturated heterocycles. The first-order chi connectivity index (χ1) is 10.5. The summed E-state index contributed by atoms with van der Waals surface area (Å²) in [6.45, 7) is 10.5. The molecule has 0 atom stereocenters. The summed E-state index contributed by atoms with van der Waals surface area (Å²) in [4.78, 5) is 18.7. The zero-order chi connectivity index (χ0) is 16.1. The van der Waals surface area contributed by atoms with Gasteiger partial charge in [-0.25, -0.2) is 4.98 Å². The summed E-state index contributed by atoms with van der Waals surface area (Å²) in [5.74, 6) is 2.93. The molecule has 1 fully saturated rings. The maximum Gasteiger partial charge on any atom is 0.135 e. The number of Topliss-reactive ketones (excluding diaryl/α,β-unsaturated/α-hetero) is 1. The zero-order valence-corrected chi connectivity index (χ0v) is 14.5. The number of pyridine rings is 1. The number of rotatable bonds is 6. The summed E-state index contributed by atoms with van der Waals surface area (Å²) in [6.07, 6.45) is 6.18. The number of aromatic nitrogens is 1. The summed E-state index contributed by atoms with van der Waals surface area (Å²) >= 11 is 0. The smallest absolute Gasteiger partial charge is 0.135 e. The molecule has 0 saturated carbocycles. The molecule has 3 heteroatoms.